The first-order chi connectivity index (χ1) is 22.5. The van der Waals surface area contributed by atoms with Crippen molar-refractivity contribution in [2.24, 2.45) is 0 Å². The summed E-state index contributed by atoms with van der Waals surface area (Å²) in [7, 11) is 1.82. The first-order valence-electron chi connectivity index (χ1n) is 16.8. The lowest BCUT2D eigenvalue weighted by atomic mass is 9.78. The highest BCUT2D eigenvalue weighted by atomic mass is 35.5. The molecule has 2 heterocycles. The van der Waals surface area contributed by atoms with E-state index in [0.29, 0.717) is 34.1 Å². The van der Waals surface area contributed by atoms with Crippen molar-refractivity contribution in [1.82, 2.24) is 9.88 Å². The summed E-state index contributed by atoms with van der Waals surface area (Å²) in [6.07, 6.45) is 17.6. The molecule has 5 nitrogen and oxygen atoms in total. The molecular weight excluding hydrogens is 611 g/mol. The number of nitrogens with zero attached hydrogens (tertiary/aromatic N) is 2. The molecule has 47 heavy (non-hydrogen) atoms. The second kappa shape index (κ2) is 22.4. The lowest BCUT2D eigenvalue weighted by Crippen LogP contribution is -2.37. The molecule has 2 fully saturated rings. The molecule has 0 radical (unpaired) electrons. The first-order valence-corrected chi connectivity index (χ1v) is 17.1. The number of methoxy groups -OCH3 is 1. The number of carboxylic acids is 1. The van der Waals surface area contributed by atoms with E-state index in [1.165, 1.54) is 76.3 Å². The SMILES string of the molecule is C#C.CCC1(OC)CCC1.CCCN1CCC(c2cccc(C)n2)CC1.CCc1ccc(Cl)cc1F.Cc1ccc(C(=O)O)cc1C. The van der Waals surface area contributed by atoms with Crippen LogP contribution < -0.4 is 0 Å². The third kappa shape index (κ3) is 14.6. The Hall–Kier alpha value is -3.24. The highest BCUT2D eigenvalue weighted by molar-refractivity contribution is 6.30. The number of aromatic nitrogens is 1. The Bertz CT molecular complexity index is 1350. The number of likely N-dealkylation sites (tertiary alicyclic amines) is 1. The van der Waals surface area contributed by atoms with Crippen LogP contribution in [0.2, 0.25) is 5.02 Å². The summed E-state index contributed by atoms with van der Waals surface area (Å²) < 4.78 is 18.1. The van der Waals surface area contributed by atoms with E-state index in [2.05, 4.69) is 61.7 Å². The number of benzene rings is 2. The number of ether oxygens (including phenoxy) is 1. The standard InChI is InChI=1S/C14H22N2.C9H10O2.C8H8ClF.C7H14O.C2H2/c1-3-9-16-10-7-13(8-11-16)14-6-4-5-12(2)15-14;1-6-3-4-8(9(10)11)5-7(6)2;1-2-6-3-4-7(9)5-8(6)10;1-3-7(8-2)5-4-6-7;1-2/h4-6,13H,3,7-11H2,1-2H3;3-5H,1-2H3,(H,10,11);3-5H,2H2,1H3;3-6H2,1-2H3;1-2H. The number of pyridine rings is 1. The topological polar surface area (TPSA) is 62.7 Å². The number of carboxylic acid groups (broad SMARTS) is 1. The molecule has 258 valence electrons. The summed E-state index contributed by atoms with van der Waals surface area (Å²) in [5.74, 6) is -0.392. The summed E-state index contributed by atoms with van der Waals surface area (Å²) in [6, 6.07) is 16.3. The zero-order valence-electron chi connectivity index (χ0n) is 29.6. The van der Waals surface area contributed by atoms with Gasteiger partial charge in [0.05, 0.1) is 11.2 Å². The van der Waals surface area contributed by atoms with Crippen molar-refractivity contribution in [3.63, 3.8) is 0 Å². The second-order valence-corrected chi connectivity index (χ2v) is 12.5. The molecule has 0 spiro atoms. The van der Waals surface area contributed by atoms with Gasteiger partial charge in [0, 0.05) is 29.4 Å². The van der Waals surface area contributed by atoms with Gasteiger partial charge in [0.2, 0.25) is 0 Å². The highest BCUT2D eigenvalue weighted by Crippen LogP contribution is 2.37. The number of aromatic carboxylic acids is 1. The van der Waals surface area contributed by atoms with Gasteiger partial charge >= 0.3 is 5.97 Å². The minimum Gasteiger partial charge on any atom is -0.478 e. The van der Waals surface area contributed by atoms with Crippen LogP contribution in [0.1, 0.15) is 110 Å². The molecule has 1 N–H and O–H groups in total. The molecule has 2 aliphatic rings. The smallest absolute Gasteiger partial charge is 0.335 e. The average molecular weight is 667 g/mol. The minimum atomic E-state index is -0.867. The third-order valence-electron chi connectivity index (χ3n) is 8.95. The van der Waals surface area contributed by atoms with Gasteiger partial charge in [-0.25, -0.2) is 9.18 Å². The number of hydrogen-bond acceptors (Lipinski definition) is 4. The van der Waals surface area contributed by atoms with E-state index < -0.39 is 5.97 Å². The van der Waals surface area contributed by atoms with E-state index in [1.807, 2.05) is 33.9 Å². The van der Waals surface area contributed by atoms with Crippen LogP contribution in [0.25, 0.3) is 0 Å². The van der Waals surface area contributed by atoms with Crippen molar-refractivity contribution in [3.8, 4) is 12.8 Å². The maximum atomic E-state index is 12.8. The van der Waals surface area contributed by atoms with Gasteiger partial charge in [-0.3, -0.25) is 4.98 Å². The maximum absolute atomic E-state index is 12.8. The van der Waals surface area contributed by atoms with E-state index in [0.717, 1.165) is 16.8 Å². The zero-order valence-corrected chi connectivity index (χ0v) is 30.4. The lowest BCUT2D eigenvalue weighted by molar-refractivity contribution is -0.0739. The van der Waals surface area contributed by atoms with E-state index in [1.54, 1.807) is 24.3 Å². The van der Waals surface area contributed by atoms with Crippen molar-refractivity contribution >= 4 is 17.6 Å². The molecule has 0 atom stereocenters. The first kappa shape index (κ1) is 41.8. The highest BCUT2D eigenvalue weighted by Gasteiger charge is 2.34. The number of piperidine rings is 1. The average Bonchev–Trinajstić information content (AvgIpc) is 3.05. The molecular formula is C40H56ClFN2O3. The number of hydrogen-bond donors (Lipinski definition) is 1. The van der Waals surface area contributed by atoms with Crippen LogP contribution in [-0.2, 0) is 11.2 Å². The normalized spacial score (nSPS) is 15.0. The van der Waals surface area contributed by atoms with E-state index in [-0.39, 0.29) is 5.82 Å². The van der Waals surface area contributed by atoms with Gasteiger partial charge in [0.1, 0.15) is 5.82 Å². The van der Waals surface area contributed by atoms with Crippen LogP contribution >= 0.6 is 11.6 Å². The van der Waals surface area contributed by atoms with Gasteiger partial charge in [0.15, 0.2) is 0 Å². The van der Waals surface area contributed by atoms with Crippen molar-refractivity contribution < 1.29 is 19.0 Å². The molecule has 1 saturated heterocycles. The molecule has 5 rings (SSSR count). The summed E-state index contributed by atoms with van der Waals surface area (Å²) in [5, 5.41) is 9.05. The van der Waals surface area contributed by atoms with Crippen LogP contribution in [0.4, 0.5) is 4.39 Å². The van der Waals surface area contributed by atoms with Gasteiger partial charge in [-0.2, -0.15) is 0 Å². The van der Waals surface area contributed by atoms with Crippen LogP contribution in [0.5, 0.6) is 0 Å². The molecule has 2 aromatic carbocycles. The molecule has 0 unspecified atom stereocenters. The quantitative estimate of drug-likeness (QED) is 0.254. The summed E-state index contributed by atoms with van der Waals surface area (Å²) >= 11 is 5.53. The van der Waals surface area contributed by atoms with Crippen LogP contribution in [0.3, 0.4) is 0 Å². The number of terminal acetylenes is 1. The van der Waals surface area contributed by atoms with E-state index >= 15 is 0 Å². The van der Waals surface area contributed by atoms with Gasteiger partial charge in [0.25, 0.3) is 0 Å². The molecule has 1 aliphatic carbocycles. The fourth-order valence-corrected chi connectivity index (χ4v) is 5.67. The second-order valence-electron chi connectivity index (χ2n) is 12.1. The Morgan fingerprint density at radius 1 is 1.02 bits per heavy atom. The lowest BCUT2D eigenvalue weighted by Gasteiger charge is -2.39. The summed E-state index contributed by atoms with van der Waals surface area (Å²) in [5.41, 5.74) is 5.96. The van der Waals surface area contributed by atoms with Gasteiger partial charge in [-0.05, 0) is 145 Å². The van der Waals surface area contributed by atoms with Crippen molar-refractivity contribution in [1.29, 1.82) is 0 Å². The maximum Gasteiger partial charge on any atom is 0.335 e. The summed E-state index contributed by atoms with van der Waals surface area (Å²) in [4.78, 5) is 17.7. The summed E-state index contributed by atoms with van der Waals surface area (Å²) in [6.45, 7) is 16.1. The van der Waals surface area contributed by atoms with Gasteiger partial charge < -0.3 is 14.7 Å². The molecule has 1 saturated carbocycles. The molecule has 1 aromatic heterocycles. The fraction of sp³-hybridized carbons (Fsp3) is 0.500. The Kier molecular flexibility index (Phi) is 19.9. The zero-order chi connectivity index (χ0) is 35.4. The molecule has 0 amide bonds. The largest absolute Gasteiger partial charge is 0.478 e. The molecule has 7 heteroatoms. The van der Waals surface area contributed by atoms with Crippen molar-refractivity contribution in [2.75, 3.05) is 26.7 Å². The molecule has 0 bridgehead atoms. The van der Waals surface area contributed by atoms with Gasteiger partial charge in [-0.15, -0.1) is 12.8 Å². The van der Waals surface area contributed by atoms with E-state index in [4.69, 9.17) is 21.4 Å². The van der Waals surface area contributed by atoms with Gasteiger partial charge in [-0.1, -0.05) is 50.6 Å². The van der Waals surface area contributed by atoms with Crippen LogP contribution in [0.15, 0.2) is 54.6 Å². The number of halogens is 2. The molecule has 1 aliphatic heterocycles. The minimum absolute atomic E-state index is 0.213. The molecule has 3 aromatic rings. The number of rotatable bonds is 7. The van der Waals surface area contributed by atoms with Crippen LogP contribution in [-0.4, -0.2) is 53.3 Å². The Morgan fingerprint density at radius 3 is 2.11 bits per heavy atom. The predicted octanol–water partition coefficient (Wildman–Crippen LogP) is 10.2. The van der Waals surface area contributed by atoms with E-state index in [9.17, 15) is 9.18 Å². The Morgan fingerprint density at radius 2 is 1.68 bits per heavy atom. The van der Waals surface area contributed by atoms with Crippen molar-refractivity contribution in [3.05, 3.63) is 99.1 Å². The fourth-order valence-electron chi connectivity index (χ4n) is 5.52. The predicted molar refractivity (Wildman–Crippen MR) is 195 cm³/mol. The Balaban J connectivity index is 0.000000318. The monoisotopic (exact) mass is 666 g/mol. The van der Waals surface area contributed by atoms with Crippen molar-refractivity contribution in [2.45, 2.75) is 104 Å². The third-order valence-corrected chi connectivity index (χ3v) is 9.18. The van der Waals surface area contributed by atoms with Crippen LogP contribution in [0, 0.1) is 39.4 Å². The Labute approximate surface area is 288 Å². The number of aryl methyl sites for hydroxylation is 4. The number of carbonyl (C=O) groups is 1.